The predicted molar refractivity (Wildman–Crippen MR) is 103 cm³/mol. The maximum atomic E-state index is 12.3. The molecule has 27 heavy (non-hydrogen) atoms. The molecule has 144 valence electrons. The number of carboxylic acids is 1. The second-order valence-corrected chi connectivity index (χ2v) is 8.20. The van der Waals surface area contributed by atoms with Crippen LogP contribution in [-0.2, 0) is 14.8 Å². The van der Waals surface area contributed by atoms with Crippen LogP contribution in [0.15, 0.2) is 53.4 Å². The van der Waals surface area contributed by atoms with E-state index in [1.807, 2.05) is 0 Å². The monoisotopic (exact) mass is 409 g/mol. The van der Waals surface area contributed by atoms with E-state index in [0.29, 0.717) is 11.4 Å². The number of nitrogens with two attached hydrogens (primary N) is 1. The maximum Gasteiger partial charge on any atom is 0.323 e. The fourth-order valence-corrected chi connectivity index (χ4v) is 4.13. The molecule has 1 amide bonds. The SMILES string of the molecule is NC/C=C/c1ccc(C(=O)NC[C@H](NS(=O)(=O)c2ccccc2)C(=O)O)s1. The number of carboxylic acid groups (broad SMARTS) is 1. The summed E-state index contributed by atoms with van der Waals surface area (Å²) in [6.07, 6.45) is 3.52. The largest absolute Gasteiger partial charge is 0.480 e. The van der Waals surface area contributed by atoms with Crippen LogP contribution in [0.1, 0.15) is 14.5 Å². The van der Waals surface area contributed by atoms with E-state index in [2.05, 4.69) is 10.0 Å². The van der Waals surface area contributed by atoms with Gasteiger partial charge in [-0.3, -0.25) is 9.59 Å². The van der Waals surface area contributed by atoms with Crippen LogP contribution in [-0.4, -0.2) is 44.5 Å². The molecule has 0 unspecified atom stereocenters. The van der Waals surface area contributed by atoms with Gasteiger partial charge in [0.1, 0.15) is 6.04 Å². The van der Waals surface area contributed by atoms with E-state index in [9.17, 15) is 23.1 Å². The lowest BCUT2D eigenvalue weighted by Gasteiger charge is -2.15. The highest BCUT2D eigenvalue weighted by Gasteiger charge is 2.26. The highest BCUT2D eigenvalue weighted by atomic mass is 32.2. The summed E-state index contributed by atoms with van der Waals surface area (Å²) in [4.78, 5) is 24.7. The average molecular weight is 409 g/mol. The minimum absolute atomic E-state index is 0.0582. The summed E-state index contributed by atoms with van der Waals surface area (Å²) in [5.41, 5.74) is 5.37. The molecule has 0 saturated heterocycles. The van der Waals surface area contributed by atoms with Crippen molar-refractivity contribution in [3.63, 3.8) is 0 Å². The minimum atomic E-state index is -4.02. The lowest BCUT2D eigenvalue weighted by Crippen LogP contribution is -2.48. The van der Waals surface area contributed by atoms with E-state index >= 15 is 0 Å². The molecule has 2 aromatic rings. The lowest BCUT2D eigenvalue weighted by atomic mass is 10.3. The van der Waals surface area contributed by atoms with E-state index < -0.39 is 34.5 Å². The first-order chi connectivity index (χ1) is 12.8. The first-order valence-corrected chi connectivity index (χ1v) is 10.2. The number of hydrogen-bond donors (Lipinski definition) is 4. The Labute approximate surface area is 160 Å². The molecule has 0 fully saturated rings. The van der Waals surface area contributed by atoms with E-state index in [4.69, 9.17) is 5.73 Å². The Morgan fingerprint density at radius 1 is 1.19 bits per heavy atom. The third-order valence-corrected chi connectivity index (χ3v) is 5.92. The number of amides is 1. The van der Waals surface area contributed by atoms with Crippen LogP contribution in [0.4, 0.5) is 0 Å². The highest BCUT2D eigenvalue weighted by Crippen LogP contribution is 2.17. The Morgan fingerprint density at radius 3 is 2.52 bits per heavy atom. The maximum absolute atomic E-state index is 12.3. The number of carbonyl (C=O) groups excluding carboxylic acids is 1. The van der Waals surface area contributed by atoms with Gasteiger partial charge in [0.05, 0.1) is 9.77 Å². The van der Waals surface area contributed by atoms with Crippen molar-refractivity contribution in [3.05, 3.63) is 58.3 Å². The van der Waals surface area contributed by atoms with E-state index in [1.165, 1.54) is 35.6 Å². The smallest absolute Gasteiger partial charge is 0.323 e. The molecular weight excluding hydrogens is 390 g/mol. The summed E-state index contributed by atoms with van der Waals surface area (Å²) in [7, 11) is -4.02. The highest BCUT2D eigenvalue weighted by molar-refractivity contribution is 7.89. The average Bonchev–Trinajstić information content (AvgIpc) is 3.12. The van der Waals surface area contributed by atoms with Gasteiger partial charge in [-0.15, -0.1) is 11.3 Å². The summed E-state index contributed by atoms with van der Waals surface area (Å²) in [6, 6.07) is 9.23. The summed E-state index contributed by atoms with van der Waals surface area (Å²) < 4.78 is 26.6. The summed E-state index contributed by atoms with van der Waals surface area (Å²) >= 11 is 1.21. The van der Waals surface area contributed by atoms with Gasteiger partial charge in [-0.05, 0) is 30.3 Å². The topological polar surface area (TPSA) is 139 Å². The standard InChI is InChI=1S/C17H19N3O5S2/c18-10-4-5-12-8-9-15(26-12)16(21)19-11-14(17(22)23)20-27(24,25)13-6-2-1-3-7-13/h1-9,14,20H,10-11,18H2,(H,19,21)(H,22,23)/b5-4+/t14-/m0/s1. The molecule has 0 spiro atoms. The van der Waals surface area contributed by atoms with Gasteiger partial charge in [0.2, 0.25) is 10.0 Å². The first-order valence-electron chi connectivity index (χ1n) is 7.88. The molecule has 1 aromatic heterocycles. The molecular formula is C17H19N3O5S2. The fourth-order valence-electron chi connectivity index (χ4n) is 2.06. The normalized spacial score (nSPS) is 12.8. The number of rotatable bonds is 9. The number of hydrogen-bond acceptors (Lipinski definition) is 6. The molecule has 5 N–H and O–H groups in total. The van der Waals surface area contributed by atoms with Gasteiger partial charge in [0.25, 0.3) is 5.91 Å². The number of sulfonamides is 1. The van der Waals surface area contributed by atoms with Gasteiger partial charge in [-0.1, -0.05) is 24.3 Å². The number of nitrogens with one attached hydrogen (secondary N) is 2. The second-order valence-electron chi connectivity index (χ2n) is 5.38. The number of thiophene rings is 1. The molecule has 2 rings (SSSR count). The minimum Gasteiger partial charge on any atom is -0.480 e. The molecule has 10 heteroatoms. The van der Waals surface area contributed by atoms with Crippen LogP contribution >= 0.6 is 11.3 Å². The van der Waals surface area contributed by atoms with Crippen molar-refractivity contribution in [2.24, 2.45) is 5.73 Å². The van der Waals surface area contributed by atoms with Gasteiger partial charge >= 0.3 is 5.97 Å². The molecule has 0 bridgehead atoms. The summed E-state index contributed by atoms with van der Waals surface area (Å²) in [5.74, 6) is -1.88. The molecule has 0 aliphatic carbocycles. The van der Waals surface area contributed by atoms with Crippen molar-refractivity contribution in [1.29, 1.82) is 0 Å². The van der Waals surface area contributed by atoms with Gasteiger partial charge in [0, 0.05) is 18.0 Å². The van der Waals surface area contributed by atoms with Crippen LogP contribution in [0.5, 0.6) is 0 Å². The molecule has 0 aliphatic rings. The van der Waals surface area contributed by atoms with Gasteiger partial charge in [0.15, 0.2) is 0 Å². The van der Waals surface area contributed by atoms with Crippen molar-refractivity contribution < 1.29 is 23.1 Å². The zero-order chi connectivity index (χ0) is 19.9. The molecule has 1 atom stereocenters. The quantitative estimate of drug-likeness (QED) is 0.485. The Balaban J connectivity index is 2.02. The van der Waals surface area contributed by atoms with Gasteiger partial charge in [-0.2, -0.15) is 4.72 Å². The summed E-state index contributed by atoms with van der Waals surface area (Å²) in [6.45, 7) is -0.0205. The molecule has 0 aliphatic heterocycles. The van der Waals surface area contributed by atoms with Crippen molar-refractivity contribution in [2.75, 3.05) is 13.1 Å². The second kappa shape index (κ2) is 9.42. The Bertz CT molecular complexity index is 923. The summed E-state index contributed by atoms with van der Waals surface area (Å²) in [5, 5.41) is 11.7. The van der Waals surface area contributed by atoms with Crippen LogP contribution in [0.2, 0.25) is 0 Å². The van der Waals surface area contributed by atoms with Crippen LogP contribution in [0, 0.1) is 0 Å². The van der Waals surface area contributed by atoms with Gasteiger partial charge in [-0.25, -0.2) is 8.42 Å². The predicted octanol–water partition coefficient (Wildman–Crippen LogP) is 0.881. The van der Waals surface area contributed by atoms with E-state index in [1.54, 1.807) is 30.4 Å². The van der Waals surface area contributed by atoms with E-state index in [-0.39, 0.29) is 4.90 Å². The molecule has 1 aromatic carbocycles. The molecule has 0 radical (unpaired) electrons. The number of aliphatic carboxylic acids is 1. The van der Waals surface area contributed by atoms with E-state index in [0.717, 1.165) is 4.88 Å². The zero-order valence-corrected chi connectivity index (χ0v) is 15.8. The van der Waals surface area contributed by atoms with Crippen molar-refractivity contribution >= 4 is 39.3 Å². The number of benzene rings is 1. The molecule has 1 heterocycles. The first kappa shape index (κ1) is 20.8. The van der Waals surface area contributed by atoms with Crippen molar-refractivity contribution in [2.45, 2.75) is 10.9 Å². The van der Waals surface area contributed by atoms with Crippen molar-refractivity contribution in [1.82, 2.24) is 10.0 Å². The van der Waals surface area contributed by atoms with Crippen LogP contribution in [0.3, 0.4) is 0 Å². The van der Waals surface area contributed by atoms with Gasteiger partial charge < -0.3 is 16.2 Å². The third-order valence-electron chi connectivity index (χ3n) is 3.38. The fraction of sp³-hybridized carbons (Fsp3) is 0.176. The zero-order valence-electron chi connectivity index (χ0n) is 14.2. The van der Waals surface area contributed by atoms with Crippen LogP contribution in [0.25, 0.3) is 6.08 Å². The third kappa shape index (κ3) is 6.00. The van der Waals surface area contributed by atoms with Crippen LogP contribution < -0.4 is 15.8 Å². The Hall–Kier alpha value is -2.53. The molecule has 8 nitrogen and oxygen atoms in total. The Kier molecular flexibility index (Phi) is 7.25. The molecule has 0 saturated carbocycles. The van der Waals surface area contributed by atoms with Crippen molar-refractivity contribution in [3.8, 4) is 0 Å². The Morgan fingerprint density at radius 2 is 1.89 bits per heavy atom. The number of carbonyl (C=O) groups is 2. The lowest BCUT2D eigenvalue weighted by molar-refractivity contribution is -0.138.